The van der Waals surface area contributed by atoms with Crippen molar-refractivity contribution < 1.29 is 10.1 Å². The van der Waals surface area contributed by atoms with E-state index in [2.05, 4.69) is 25.2 Å². The van der Waals surface area contributed by atoms with E-state index in [4.69, 9.17) is 11.6 Å². The van der Waals surface area contributed by atoms with Crippen LogP contribution in [0.1, 0.15) is 29.7 Å². The number of carbonyl (C=O) groups is 1. The van der Waals surface area contributed by atoms with E-state index in [1.807, 2.05) is 47.8 Å². The second-order valence-corrected chi connectivity index (χ2v) is 5.92. The molecule has 0 fully saturated rings. The Labute approximate surface area is 136 Å². The van der Waals surface area contributed by atoms with Crippen molar-refractivity contribution in [3.63, 3.8) is 0 Å². The topological polar surface area (TPSA) is 45.7 Å². The summed E-state index contributed by atoms with van der Waals surface area (Å²) in [5.41, 5.74) is 3.47. The molecular formula is C18H22ClN2O+. The number of benzene rings is 2. The second kappa shape index (κ2) is 7.97. The lowest BCUT2D eigenvalue weighted by atomic mass is 10.1. The van der Waals surface area contributed by atoms with Crippen LogP contribution >= 0.6 is 11.6 Å². The van der Waals surface area contributed by atoms with Crippen LogP contribution < -0.4 is 10.6 Å². The molecule has 4 heteroatoms. The van der Waals surface area contributed by atoms with Crippen molar-refractivity contribution in [1.82, 2.24) is 5.32 Å². The van der Waals surface area contributed by atoms with Crippen molar-refractivity contribution in [1.29, 1.82) is 0 Å². The van der Waals surface area contributed by atoms with E-state index >= 15 is 0 Å². The highest BCUT2D eigenvalue weighted by Gasteiger charge is 2.11. The summed E-state index contributed by atoms with van der Waals surface area (Å²) in [4.78, 5) is 12.0. The van der Waals surface area contributed by atoms with E-state index in [9.17, 15) is 4.79 Å². The summed E-state index contributed by atoms with van der Waals surface area (Å²) in [6.07, 6.45) is 0. The smallest absolute Gasteiger partial charge is 0.275 e. The maximum Gasteiger partial charge on any atom is 0.275 e. The van der Waals surface area contributed by atoms with E-state index in [-0.39, 0.29) is 11.9 Å². The quantitative estimate of drug-likeness (QED) is 0.845. The SMILES string of the molecule is Cc1ccccc1CNC(=O)C[NH2+][C@H](C)c1cccc(Cl)c1. The van der Waals surface area contributed by atoms with Crippen molar-refractivity contribution >= 4 is 17.5 Å². The second-order valence-electron chi connectivity index (χ2n) is 5.49. The molecule has 0 unspecified atom stereocenters. The fourth-order valence-corrected chi connectivity index (χ4v) is 2.48. The highest BCUT2D eigenvalue weighted by Crippen LogP contribution is 2.14. The fraction of sp³-hybridized carbons (Fsp3) is 0.278. The van der Waals surface area contributed by atoms with Crippen LogP contribution in [0.2, 0.25) is 5.02 Å². The summed E-state index contributed by atoms with van der Waals surface area (Å²) >= 11 is 5.99. The predicted molar refractivity (Wildman–Crippen MR) is 89.7 cm³/mol. The average molecular weight is 318 g/mol. The third kappa shape index (κ3) is 4.86. The summed E-state index contributed by atoms with van der Waals surface area (Å²) in [6, 6.07) is 16.0. The minimum Gasteiger partial charge on any atom is -0.347 e. The number of quaternary nitrogens is 1. The monoisotopic (exact) mass is 317 g/mol. The fourth-order valence-electron chi connectivity index (χ4n) is 2.28. The van der Waals surface area contributed by atoms with Gasteiger partial charge in [-0.3, -0.25) is 4.79 Å². The number of aryl methyl sites for hydroxylation is 1. The van der Waals surface area contributed by atoms with Gasteiger partial charge >= 0.3 is 0 Å². The molecule has 2 aromatic carbocycles. The van der Waals surface area contributed by atoms with Gasteiger partial charge in [-0.1, -0.05) is 48.0 Å². The van der Waals surface area contributed by atoms with Crippen LogP contribution in [0.4, 0.5) is 0 Å². The van der Waals surface area contributed by atoms with Crippen LogP contribution in [0, 0.1) is 6.92 Å². The predicted octanol–water partition coefficient (Wildman–Crippen LogP) is 2.59. The van der Waals surface area contributed by atoms with Crippen molar-refractivity contribution in [3.8, 4) is 0 Å². The van der Waals surface area contributed by atoms with E-state index in [0.717, 1.165) is 16.1 Å². The normalized spacial score (nSPS) is 12.0. The zero-order valence-corrected chi connectivity index (χ0v) is 13.7. The average Bonchev–Trinajstić information content (AvgIpc) is 2.52. The first kappa shape index (κ1) is 16.5. The van der Waals surface area contributed by atoms with Gasteiger partial charge in [-0.2, -0.15) is 0 Å². The molecule has 0 heterocycles. The Bertz CT molecular complexity index is 642. The molecule has 0 aliphatic rings. The minimum absolute atomic E-state index is 0.0390. The molecule has 0 radical (unpaired) electrons. The number of hydrogen-bond donors (Lipinski definition) is 2. The Hall–Kier alpha value is -1.84. The van der Waals surface area contributed by atoms with Gasteiger partial charge in [0.15, 0.2) is 6.54 Å². The first-order valence-corrected chi connectivity index (χ1v) is 7.84. The molecule has 1 atom stereocenters. The number of hydrogen-bond acceptors (Lipinski definition) is 1. The Kier molecular flexibility index (Phi) is 5.99. The minimum atomic E-state index is 0.0390. The number of nitrogens with one attached hydrogen (secondary N) is 1. The lowest BCUT2D eigenvalue weighted by molar-refractivity contribution is -0.682. The number of carbonyl (C=O) groups excluding carboxylic acids is 1. The number of amides is 1. The van der Waals surface area contributed by atoms with Gasteiger partial charge in [-0.15, -0.1) is 0 Å². The zero-order valence-electron chi connectivity index (χ0n) is 13.0. The zero-order chi connectivity index (χ0) is 15.9. The molecule has 1 amide bonds. The molecule has 0 aliphatic heterocycles. The summed E-state index contributed by atoms with van der Waals surface area (Å²) in [5.74, 6) is 0.0390. The molecule has 0 aliphatic carbocycles. The highest BCUT2D eigenvalue weighted by atomic mass is 35.5. The molecule has 0 bridgehead atoms. The lowest BCUT2D eigenvalue weighted by Gasteiger charge is -2.12. The summed E-state index contributed by atoms with van der Waals surface area (Å²) in [7, 11) is 0. The van der Waals surface area contributed by atoms with Gasteiger partial charge in [0.05, 0.1) is 0 Å². The van der Waals surface area contributed by atoms with Crippen LogP contribution in [-0.4, -0.2) is 12.5 Å². The molecule has 3 N–H and O–H groups in total. The molecular weight excluding hydrogens is 296 g/mol. The Morgan fingerprint density at radius 2 is 2.00 bits per heavy atom. The maximum absolute atomic E-state index is 12.0. The van der Waals surface area contributed by atoms with Crippen LogP contribution in [0.5, 0.6) is 0 Å². The number of nitrogens with two attached hydrogens (primary N) is 1. The van der Waals surface area contributed by atoms with E-state index in [0.29, 0.717) is 13.1 Å². The third-order valence-corrected chi connectivity index (χ3v) is 4.00. The largest absolute Gasteiger partial charge is 0.347 e. The van der Waals surface area contributed by atoms with Gasteiger partial charge in [0.25, 0.3) is 5.91 Å². The first-order valence-electron chi connectivity index (χ1n) is 7.46. The summed E-state index contributed by atoms with van der Waals surface area (Å²) < 4.78 is 0. The molecule has 2 aromatic rings. The third-order valence-electron chi connectivity index (χ3n) is 3.77. The van der Waals surface area contributed by atoms with Crippen molar-refractivity contribution in [2.75, 3.05) is 6.54 Å². The molecule has 0 spiro atoms. The summed E-state index contributed by atoms with van der Waals surface area (Å²) in [5, 5.41) is 5.70. The van der Waals surface area contributed by atoms with Crippen molar-refractivity contribution in [2.24, 2.45) is 0 Å². The van der Waals surface area contributed by atoms with Gasteiger partial charge in [0.1, 0.15) is 6.04 Å². The first-order chi connectivity index (χ1) is 10.6. The Morgan fingerprint density at radius 3 is 2.73 bits per heavy atom. The van der Waals surface area contributed by atoms with E-state index < -0.39 is 0 Å². The van der Waals surface area contributed by atoms with E-state index in [1.54, 1.807) is 0 Å². The molecule has 22 heavy (non-hydrogen) atoms. The number of halogens is 1. The molecule has 0 saturated carbocycles. The van der Waals surface area contributed by atoms with Crippen LogP contribution in [0.25, 0.3) is 0 Å². The Balaban J connectivity index is 1.79. The molecule has 3 nitrogen and oxygen atoms in total. The van der Waals surface area contributed by atoms with Crippen molar-refractivity contribution in [3.05, 3.63) is 70.2 Å². The maximum atomic E-state index is 12.0. The van der Waals surface area contributed by atoms with Crippen LogP contribution in [-0.2, 0) is 11.3 Å². The van der Waals surface area contributed by atoms with Crippen LogP contribution in [0.3, 0.4) is 0 Å². The van der Waals surface area contributed by atoms with Gasteiger partial charge in [0.2, 0.25) is 0 Å². The highest BCUT2D eigenvalue weighted by molar-refractivity contribution is 6.30. The van der Waals surface area contributed by atoms with Gasteiger partial charge < -0.3 is 10.6 Å². The van der Waals surface area contributed by atoms with Gasteiger partial charge in [0, 0.05) is 17.1 Å². The van der Waals surface area contributed by atoms with Crippen LogP contribution in [0.15, 0.2) is 48.5 Å². The van der Waals surface area contributed by atoms with Crippen molar-refractivity contribution in [2.45, 2.75) is 26.4 Å². The molecule has 116 valence electrons. The van der Waals surface area contributed by atoms with Gasteiger partial charge in [-0.05, 0) is 37.1 Å². The van der Waals surface area contributed by atoms with E-state index in [1.165, 1.54) is 5.56 Å². The Morgan fingerprint density at radius 1 is 1.23 bits per heavy atom. The lowest BCUT2D eigenvalue weighted by Crippen LogP contribution is -2.87. The molecule has 0 aromatic heterocycles. The standard InChI is InChI=1S/C18H21ClN2O/c1-13-6-3-4-7-16(13)11-21-18(22)12-20-14(2)15-8-5-9-17(19)10-15/h3-10,14,20H,11-12H2,1-2H3,(H,21,22)/p+1/t14-/m1/s1. The number of rotatable bonds is 6. The molecule has 0 saturated heterocycles. The van der Waals surface area contributed by atoms with Gasteiger partial charge in [-0.25, -0.2) is 0 Å². The molecule has 2 rings (SSSR count). The summed E-state index contributed by atoms with van der Waals surface area (Å²) in [6.45, 7) is 5.10.